The first-order chi connectivity index (χ1) is 2.77. The Labute approximate surface area is 50.5 Å². The van der Waals surface area contributed by atoms with E-state index in [9.17, 15) is 0 Å². The van der Waals surface area contributed by atoms with Gasteiger partial charge in [0.15, 0.2) is 0 Å². The van der Waals surface area contributed by atoms with Gasteiger partial charge in [-0.15, -0.1) is 0 Å². The van der Waals surface area contributed by atoms with Crippen molar-refractivity contribution >= 4 is 22.6 Å². The average Bonchev–Trinajstić information content (AvgIpc) is 2.22. The average molecular weight is 193 g/mol. The van der Waals surface area contributed by atoms with Crippen LogP contribution in [0.4, 0.5) is 0 Å². The molecule has 0 bridgehead atoms. The zero-order valence-corrected chi connectivity index (χ0v) is 5.40. The Morgan fingerprint density at radius 3 is 2.17 bits per heavy atom. The molecule has 1 aliphatic carbocycles. The summed E-state index contributed by atoms with van der Waals surface area (Å²) in [6.45, 7) is 0. The van der Waals surface area contributed by atoms with E-state index in [-0.39, 0.29) is 3.42 Å². The van der Waals surface area contributed by atoms with E-state index in [1.807, 2.05) is 0 Å². The van der Waals surface area contributed by atoms with E-state index in [1.54, 1.807) is 0 Å². The van der Waals surface area contributed by atoms with Gasteiger partial charge in [-0.25, -0.2) is 0 Å². The molecule has 0 heterocycles. The summed E-state index contributed by atoms with van der Waals surface area (Å²) >= 11 is 2.19. The van der Waals surface area contributed by atoms with Crippen molar-refractivity contribution < 1.29 is 0 Å². The predicted molar refractivity (Wildman–Crippen MR) is 31.6 cm³/mol. The fourth-order valence-electron chi connectivity index (χ4n) is 0.222. The van der Waals surface area contributed by atoms with Crippen molar-refractivity contribution in [2.45, 2.75) is 16.3 Å². The van der Waals surface area contributed by atoms with Crippen LogP contribution in [0.1, 0.15) is 12.8 Å². The van der Waals surface area contributed by atoms with Crippen molar-refractivity contribution in [1.82, 2.24) is 0 Å². The minimum Gasteiger partial charge on any atom is -0.197 e. The molecule has 1 aliphatic rings. The highest BCUT2D eigenvalue weighted by molar-refractivity contribution is 14.1. The maximum absolute atomic E-state index is 8.21. The van der Waals surface area contributed by atoms with Gasteiger partial charge in [-0.1, -0.05) is 22.6 Å². The van der Waals surface area contributed by atoms with Crippen LogP contribution in [0.15, 0.2) is 0 Å². The topological polar surface area (TPSA) is 23.8 Å². The molecule has 1 rings (SSSR count). The highest BCUT2D eigenvalue weighted by Crippen LogP contribution is 2.43. The van der Waals surface area contributed by atoms with Gasteiger partial charge in [0.1, 0.15) is 3.42 Å². The van der Waals surface area contributed by atoms with Crippen molar-refractivity contribution in [3.63, 3.8) is 0 Å². The third-order valence-electron chi connectivity index (χ3n) is 0.889. The largest absolute Gasteiger partial charge is 0.197 e. The summed E-state index contributed by atoms with van der Waals surface area (Å²) in [7, 11) is 0. The second-order valence-electron chi connectivity index (χ2n) is 1.58. The number of rotatable bonds is 0. The standard InChI is InChI=1S/C4H4IN/c5-4(3-6)1-2-4/h1-2H2. The molecule has 0 aromatic carbocycles. The summed E-state index contributed by atoms with van der Waals surface area (Å²) in [6, 6.07) is 2.20. The first-order valence-electron chi connectivity index (χ1n) is 1.87. The highest BCUT2D eigenvalue weighted by atomic mass is 127. The number of nitriles is 1. The fraction of sp³-hybridized carbons (Fsp3) is 0.750. The first-order valence-corrected chi connectivity index (χ1v) is 2.95. The molecule has 0 unspecified atom stereocenters. The quantitative estimate of drug-likeness (QED) is 0.422. The third-order valence-corrected chi connectivity index (χ3v) is 2.21. The Kier molecular flexibility index (Phi) is 0.798. The van der Waals surface area contributed by atoms with Crippen LogP contribution in [0, 0.1) is 11.3 Å². The lowest BCUT2D eigenvalue weighted by atomic mass is 10.5. The van der Waals surface area contributed by atoms with Crippen molar-refractivity contribution in [3.05, 3.63) is 0 Å². The van der Waals surface area contributed by atoms with E-state index >= 15 is 0 Å². The molecule has 0 amide bonds. The minimum atomic E-state index is 0.0672. The van der Waals surface area contributed by atoms with E-state index in [0.717, 1.165) is 12.8 Å². The number of nitrogens with zero attached hydrogens (tertiary/aromatic N) is 1. The molecule has 32 valence electrons. The second-order valence-corrected chi connectivity index (χ2v) is 3.64. The summed E-state index contributed by atoms with van der Waals surface area (Å²) in [5.41, 5.74) is 0. The van der Waals surface area contributed by atoms with Gasteiger partial charge in [0, 0.05) is 0 Å². The molecule has 0 N–H and O–H groups in total. The lowest BCUT2D eigenvalue weighted by molar-refractivity contribution is 1.25. The summed E-state index contributed by atoms with van der Waals surface area (Å²) < 4.78 is 0.0672. The van der Waals surface area contributed by atoms with Gasteiger partial charge in [0.05, 0.1) is 6.07 Å². The summed E-state index contributed by atoms with van der Waals surface area (Å²) in [5.74, 6) is 0. The van der Waals surface area contributed by atoms with Crippen LogP contribution < -0.4 is 0 Å². The van der Waals surface area contributed by atoms with Crippen LogP contribution in [0.3, 0.4) is 0 Å². The smallest absolute Gasteiger partial charge is 0.109 e. The number of halogens is 1. The van der Waals surface area contributed by atoms with Crippen LogP contribution in [0.5, 0.6) is 0 Å². The Morgan fingerprint density at radius 1 is 1.67 bits per heavy atom. The molecule has 1 saturated carbocycles. The monoisotopic (exact) mass is 193 g/mol. The molecule has 0 radical (unpaired) electrons. The molecule has 0 aliphatic heterocycles. The van der Waals surface area contributed by atoms with Gasteiger partial charge in [0.2, 0.25) is 0 Å². The maximum Gasteiger partial charge on any atom is 0.109 e. The number of hydrogen-bond acceptors (Lipinski definition) is 1. The molecule has 2 heteroatoms. The molecule has 1 fully saturated rings. The lowest BCUT2D eigenvalue weighted by Crippen LogP contribution is -1.84. The predicted octanol–water partition coefficient (Wildman–Crippen LogP) is 1.48. The van der Waals surface area contributed by atoms with Gasteiger partial charge in [-0.3, -0.25) is 0 Å². The van der Waals surface area contributed by atoms with Crippen molar-refractivity contribution in [2.75, 3.05) is 0 Å². The van der Waals surface area contributed by atoms with E-state index < -0.39 is 0 Å². The fourth-order valence-corrected chi connectivity index (χ4v) is 0.491. The van der Waals surface area contributed by atoms with Crippen molar-refractivity contribution in [1.29, 1.82) is 5.26 Å². The maximum atomic E-state index is 8.21. The first kappa shape index (κ1) is 4.38. The molecule has 0 saturated heterocycles. The third kappa shape index (κ3) is 0.648. The van der Waals surface area contributed by atoms with Crippen molar-refractivity contribution in [2.24, 2.45) is 0 Å². The molecule has 0 atom stereocenters. The summed E-state index contributed by atoms with van der Waals surface area (Å²) in [5, 5.41) is 8.21. The van der Waals surface area contributed by atoms with Crippen LogP contribution in [0.2, 0.25) is 0 Å². The molecule has 6 heavy (non-hydrogen) atoms. The van der Waals surface area contributed by atoms with Crippen LogP contribution >= 0.6 is 22.6 Å². The van der Waals surface area contributed by atoms with Crippen LogP contribution in [-0.4, -0.2) is 3.42 Å². The normalized spacial score (nSPS) is 25.3. The van der Waals surface area contributed by atoms with Crippen molar-refractivity contribution in [3.8, 4) is 6.07 Å². The van der Waals surface area contributed by atoms with E-state index in [0.29, 0.717) is 0 Å². The number of hydrogen-bond donors (Lipinski definition) is 0. The molecular weight excluding hydrogens is 189 g/mol. The van der Waals surface area contributed by atoms with Crippen LogP contribution in [-0.2, 0) is 0 Å². The Bertz CT molecular complexity index is 98.6. The molecule has 1 nitrogen and oxygen atoms in total. The summed E-state index contributed by atoms with van der Waals surface area (Å²) in [6.07, 6.45) is 2.20. The molecule has 0 aromatic heterocycles. The van der Waals surface area contributed by atoms with Crippen LogP contribution in [0.25, 0.3) is 0 Å². The Hall–Kier alpha value is 0.220. The van der Waals surface area contributed by atoms with Gasteiger partial charge in [-0.2, -0.15) is 5.26 Å². The minimum absolute atomic E-state index is 0.0672. The van der Waals surface area contributed by atoms with Gasteiger partial charge < -0.3 is 0 Å². The van der Waals surface area contributed by atoms with E-state index in [2.05, 4.69) is 28.7 Å². The number of alkyl halides is 1. The Balaban J connectivity index is 2.54. The van der Waals surface area contributed by atoms with Gasteiger partial charge in [-0.05, 0) is 12.8 Å². The van der Waals surface area contributed by atoms with E-state index in [1.165, 1.54) is 0 Å². The second kappa shape index (κ2) is 1.09. The molecule has 0 aromatic rings. The van der Waals surface area contributed by atoms with Gasteiger partial charge >= 0.3 is 0 Å². The molecule has 0 spiro atoms. The highest BCUT2D eigenvalue weighted by Gasteiger charge is 2.39. The molecular formula is C4H4IN. The van der Waals surface area contributed by atoms with Gasteiger partial charge in [0.25, 0.3) is 0 Å². The SMILES string of the molecule is N#CC1(I)CC1. The zero-order chi connectivity index (χ0) is 4.62. The zero-order valence-electron chi connectivity index (χ0n) is 3.24. The van der Waals surface area contributed by atoms with E-state index in [4.69, 9.17) is 5.26 Å². The summed E-state index contributed by atoms with van der Waals surface area (Å²) in [4.78, 5) is 0. The Morgan fingerprint density at radius 2 is 2.17 bits per heavy atom. The lowest BCUT2D eigenvalue weighted by Gasteiger charge is -1.79.